The SMILES string of the molecule is COc1cnc(I)c(OC(F)(F)F)c1. The van der Waals surface area contributed by atoms with Crippen molar-refractivity contribution in [1.82, 2.24) is 4.98 Å². The standard InChI is InChI=1S/C7H5F3INO2/c1-13-4-2-5(6(11)12-3-4)14-7(8,9)10/h2-3H,1H3. The van der Waals surface area contributed by atoms with E-state index >= 15 is 0 Å². The van der Waals surface area contributed by atoms with Crippen LogP contribution in [-0.2, 0) is 0 Å². The highest BCUT2D eigenvalue weighted by molar-refractivity contribution is 14.1. The fourth-order valence-corrected chi connectivity index (χ4v) is 1.12. The van der Waals surface area contributed by atoms with Crippen LogP contribution in [0.15, 0.2) is 12.3 Å². The predicted octanol–water partition coefficient (Wildman–Crippen LogP) is 2.59. The van der Waals surface area contributed by atoms with Crippen molar-refractivity contribution < 1.29 is 22.6 Å². The molecule has 0 aliphatic heterocycles. The smallest absolute Gasteiger partial charge is 0.495 e. The van der Waals surface area contributed by atoms with Crippen molar-refractivity contribution in [2.45, 2.75) is 6.36 Å². The number of hydrogen-bond acceptors (Lipinski definition) is 3. The van der Waals surface area contributed by atoms with Gasteiger partial charge in [0.05, 0.1) is 13.3 Å². The molecule has 0 amide bonds. The minimum Gasteiger partial charge on any atom is -0.495 e. The molecule has 1 aromatic rings. The molecule has 1 heterocycles. The highest BCUT2D eigenvalue weighted by Gasteiger charge is 2.32. The average Bonchev–Trinajstić information content (AvgIpc) is 2.06. The number of rotatable bonds is 2. The second-order valence-electron chi connectivity index (χ2n) is 2.21. The van der Waals surface area contributed by atoms with Crippen LogP contribution in [0.4, 0.5) is 13.2 Å². The first-order chi connectivity index (χ1) is 6.42. The molecule has 1 rings (SSSR count). The predicted molar refractivity (Wildman–Crippen MR) is 50.2 cm³/mol. The zero-order valence-corrected chi connectivity index (χ0v) is 9.09. The van der Waals surface area contributed by atoms with Gasteiger partial charge in [0.15, 0.2) is 5.75 Å². The van der Waals surface area contributed by atoms with Gasteiger partial charge in [-0.2, -0.15) is 0 Å². The van der Waals surface area contributed by atoms with E-state index < -0.39 is 6.36 Å². The largest absolute Gasteiger partial charge is 0.573 e. The molecule has 0 atom stereocenters. The van der Waals surface area contributed by atoms with Gasteiger partial charge < -0.3 is 9.47 Å². The van der Waals surface area contributed by atoms with E-state index in [9.17, 15) is 13.2 Å². The molecule has 0 unspecified atom stereocenters. The first kappa shape index (κ1) is 11.3. The molecule has 7 heteroatoms. The summed E-state index contributed by atoms with van der Waals surface area (Å²) in [6.07, 6.45) is -3.40. The molecule has 0 aliphatic carbocycles. The van der Waals surface area contributed by atoms with E-state index in [1.165, 1.54) is 13.3 Å². The number of aromatic nitrogens is 1. The Labute approximate surface area is 91.4 Å². The molecule has 0 saturated heterocycles. The average molecular weight is 319 g/mol. The van der Waals surface area contributed by atoms with Gasteiger partial charge in [0.1, 0.15) is 9.45 Å². The van der Waals surface area contributed by atoms with Crippen LogP contribution in [0.5, 0.6) is 11.5 Å². The lowest BCUT2D eigenvalue weighted by molar-refractivity contribution is -0.275. The summed E-state index contributed by atoms with van der Waals surface area (Å²) in [5.41, 5.74) is 0. The summed E-state index contributed by atoms with van der Waals surface area (Å²) in [7, 11) is 1.33. The zero-order valence-electron chi connectivity index (χ0n) is 6.93. The van der Waals surface area contributed by atoms with Crippen molar-refractivity contribution in [3.63, 3.8) is 0 Å². The van der Waals surface area contributed by atoms with E-state index in [2.05, 4.69) is 9.72 Å². The van der Waals surface area contributed by atoms with Crippen molar-refractivity contribution in [2.75, 3.05) is 7.11 Å². The van der Waals surface area contributed by atoms with Gasteiger partial charge in [-0.15, -0.1) is 13.2 Å². The first-order valence-corrected chi connectivity index (χ1v) is 4.45. The number of pyridine rings is 1. The lowest BCUT2D eigenvalue weighted by atomic mass is 10.4. The van der Waals surface area contributed by atoms with Gasteiger partial charge in [-0.3, -0.25) is 0 Å². The number of halogens is 4. The topological polar surface area (TPSA) is 31.4 Å². The molecular formula is C7H5F3INO2. The van der Waals surface area contributed by atoms with Crippen LogP contribution < -0.4 is 9.47 Å². The van der Waals surface area contributed by atoms with E-state index in [-0.39, 0.29) is 15.2 Å². The highest BCUT2D eigenvalue weighted by Crippen LogP contribution is 2.29. The van der Waals surface area contributed by atoms with Gasteiger partial charge in [-0.05, 0) is 22.6 Å². The molecule has 0 bridgehead atoms. The van der Waals surface area contributed by atoms with E-state index in [4.69, 9.17) is 4.74 Å². The Balaban J connectivity index is 2.95. The van der Waals surface area contributed by atoms with Gasteiger partial charge in [0, 0.05) is 6.07 Å². The number of nitrogens with zero attached hydrogens (tertiary/aromatic N) is 1. The van der Waals surface area contributed by atoms with Crippen molar-refractivity contribution in [2.24, 2.45) is 0 Å². The lowest BCUT2D eigenvalue weighted by Gasteiger charge is -2.10. The maximum absolute atomic E-state index is 11.9. The van der Waals surface area contributed by atoms with Gasteiger partial charge >= 0.3 is 6.36 Å². The van der Waals surface area contributed by atoms with Crippen molar-refractivity contribution >= 4 is 22.6 Å². The molecular weight excluding hydrogens is 314 g/mol. The molecule has 78 valence electrons. The minimum absolute atomic E-state index is 0.126. The molecule has 0 saturated carbocycles. The van der Waals surface area contributed by atoms with Gasteiger partial charge in [-0.25, -0.2) is 4.98 Å². The number of alkyl halides is 3. The van der Waals surface area contributed by atoms with Crippen LogP contribution in [0.2, 0.25) is 0 Å². The quantitative estimate of drug-likeness (QED) is 0.620. The molecule has 0 aromatic carbocycles. The molecule has 0 radical (unpaired) electrons. The summed E-state index contributed by atoms with van der Waals surface area (Å²) in [5, 5.41) is 0. The van der Waals surface area contributed by atoms with Crippen LogP contribution in [0.3, 0.4) is 0 Å². The molecule has 1 aromatic heterocycles. The summed E-state index contributed by atoms with van der Waals surface area (Å²) in [4.78, 5) is 3.67. The molecule has 0 aliphatic rings. The Morgan fingerprint density at radius 3 is 2.57 bits per heavy atom. The third kappa shape index (κ3) is 3.20. The van der Waals surface area contributed by atoms with E-state index in [0.717, 1.165) is 6.07 Å². The van der Waals surface area contributed by atoms with E-state index in [1.54, 1.807) is 22.6 Å². The summed E-state index contributed by atoms with van der Waals surface area (Å²) in [6, 6.07) is 1.13. The second-order valence-corrected chi connectivity index (χ2v) is 3.23. The van der Waals surface area contributed by atoms with Crippen molar-refractivity contribution in [3.05, 3.63) is 16.0 Å². The second kappa shape index (κ2) is 4.20. The van der Waals surface area contributed by atoms with Crippen LogP contribution in [-0.4, -0.2) is 18.5 Å². The Morgan fingerprint density at radius 1 is 1.43 bits per heavy atom. The number of methoxy groups -OCH3 is 1. The molecule has 0 N–H and O–H groups in total. The Bertz CT molecular complexity index is 329. The van der Waals surface area contributed by atoms with Crippen LogP contribution in [0.25, 0.3) is 0 Å². The summed E-state index contributed by atoms with van der Waals surface area (Å²) < 4.78 is 44.2. The zero-order chi connectivity index (χ0) is 10.8. The van der Waals surface area contributed by atoms with Crippen molar-refractivity contribution in [3.8, 4) is 11.5 Å². The summed E-state index contributed by atoms with van der Waals surface area (Å²) in [6.45, 7) is 0. The van der Waals surface area contributed by atoms with Crippen LogP contribution in [0, 0.1) is 3.70 Å². The van der Waals surface area contributed by atoms with E-state index in [0.29, 0.717) is 0 Å². The third-order valence-electron chi connectivity index (χ3n) is 1.24. The third-order valence-corrected chi connectivity index (χ3v) is 2.05. The fourth-order valence-electron chi connectivity index (χ4n) is 0.718. The number of ether oxygens (including phenoxy) is 2. The molecule has 0 fully saturated rings. The monoisotopic (exact) mass is 319 g/mol. The normalized spacial score (nSPS) is 11.2. The first-order valence-electron chi connectivity index (χ1n) is 3.37. The maximum atomic E-state index is 11.9. The molecule has 14 heavy (non-hydrogen) atoms. The van der Waals surface area contributed by atoms with Crippen LogP contribution >= 0.6 is 22.6 Å². The van der Waals surface area contributed by atoms with Crippen LogP contribution in [0.1, 0.15) is 0 Å². The molecule has 0 spiro atoms. The summed E-state index contributed by atoms with van der Waals surface area (Å²) >= 11 is 1.64. The lowest BCUT2D eigenvalue weighted by Crippen LogP contribution is -2.18. The Hall–Kier alpha value is -0.730. The maximum Gasteiger partial charge on any atom is 0.573 e. The molecule has 3 nitrogen and oxygen atoms in total. The van der Waals surface area contributed by atoms with E-state index in [1.807, 2.05) is 0 Å². The number of hydrogen-bond donors (Lipinski definition) is 0. The van der Waals surface area contributed by atoms with Gasteiger partial charge in [-0.1, -0.05) is 0 Å². The Morgan fingerprint density at radius 2 is 2.07 bits per heavy atom. The Kier molecular flexibility index (Phi) is 3.40. The van der Waals surface area contributed by atoms with Gasteiger partial charge in [0.25, 0.3) is 0 Å². The highest BCUT2D eigenvalue weighted by atomic mass is 127. The fraction of sp³-hybridized carbons (Fsp3) is 0.286. The van der Waals surface area contributed by atoms with Crippen molar-refractivity contribution in [1.29, 1.82) is 0 Å². The minimum atomic E-state index is -4.71. The van der Waals surface area contributed by atoms with Gasteiger partial charge in [0.2, 0.25) is 0 Å². The summed E-state index contributed by atoms with van der Waals surface area (Å²) in [5.74, 6) is -0.151.